The summed E-state index contributed by atoms with van der Waals surface area (Å²) in [7, 11) is 0. The number of hydrogen-bond acceptors (Lipinski definition) is 6. The van der Waals surface area contributed by atoms with Gasteiger partial charge in [0.05, 0.1) is 10.6 Å². The van der Waals surface area contributed by atoms with Crippen LogP contribution in [0.2, 0.25) is 5.02 Å². The summed E-state index contributed by atoms with van der Waals surface area (Å²) in [5, 5.41) is 10.2. The van der Waals surface area contributed by atoms with Crippen LogP contribution in [0.5, 0.6) is 17.2 Å². The minimum atomic E-state index is -4.47. The summed E-state index contributed by atoms with van der Waals surface area (Å²) in [5.41, 5.74) is -0.137. The average molecular weight is 416 g/mol. The summed E-state index contributed by atoms with van der Waals surface area (Å²) < 4.78 is 48.9. The lowest BCUT2D eigenvalue weighted by Crippen LogP contribution is -2.46. The highest BCUT2D eigenvalue weighted by Crippen LogP contribution is 2.38. The molecule has 0 aliphatic carbocycles. The van der Waals surface area contributed by atoms with Crippen LogP contribution < -0.4 is 14.4 Å². The van der Waals surface area contributed by atoms with E-state index in [-0.39, 0.29) is 17.6 Å². The SMILES string of the molecule is Oc1cc2c(cc1CN1CCN(c3ncc(C(F)(F)F)cc3Cl)CC1)OCO2. The molecule has 0 radical (unpaired) electrons. The summed E-state index contributed by atoms with van der Waals surface area (Å²) >= 11 is 6.03. The lowest BCUT2D eigenvalue weighted by Gasteiger charge is -2.35. The quantitative estimate of drug-likeness (QED) is 0.828. The Kier molecular flexibility index (Phi) is 4.88. The van der Waals surface area contributed by atoms with Crippen molar-refractivity contribution in [3.05, 3.63) is 40.5 Å². The van der Waals surface area contributed by atoms with Crippen LogP contribution in [-0.2, 0) is 12.7 Å². The summed E-state index contributed by atoms with van der Waals surface area (Å²) in [6.45, 7) is 3.06. The molecule has 28 heavy (non-hydrogen) atoms. The van der Waals surface area contributed by atoms with E-state index in [0.29, 0.717) is 50.0 Å². The third-order valence-corrected chi connectivity index (χ3v) is 5.07. The zero-order valence-electron chi connectivity index (χ0n) is 14.7. The predicted octanol–water partition coefficient (Wildman–Crippen LogP) is 3.51. The molecule has 2 aliphatic heterocycles. The number of phenols is 1. The van der Waals surface area contributed by atoms with Crippen LogP contribution in [0.15, 0.2) is 24.4 Å². The van der Waals surface area contributed by atoms with Crippen molar-refractivity contribution in [2.45, 2.75) is 12.7 Å². The van der Waals surface area contributed by atoms with Gasteiger partial charge in [-0.05, 0) is 12.1 Å². The van der Waals surface area contributed by atoms with Crippen molar-refractivity contribution in [3.8, 4) is 17.2 Å². The van der Waals surface area contributed by atoms with Gasteiger partial charge in [0.2, 0.25) is 6.79 Å². The zero-order chi connectivity index (χ0) is 19.9. The maximum Gasteiger partial charge on any atom is 0.417 e. The number of aromatic nitrogens is 1. The number of nitrogens with zero attached hydrogens (tertiary/aromatic N) is 3. The molecule has 0 atom stereocenters. The largest absolute Gasteiger partial charge is 0.507 e. The molecule has 2 aromatic rings. The molecule has 10 heteroatoms. The Balaban J connectivity index is 1.40. The molecule has 0 amide bonds. The molecule has 2 aliphatic rings. The van der Waals surface area contributed by atoms with Gasteiger partial charge in [0, 0.05) is 50.6 Å². The van der Waals surface area contributed by atoms with Crippen molar-refractivity contribution >= 4 is 17.4 Å². The highest BCUT2D eigenvalue weighted by Gasteiger charge is 2.32. The maximum atomic E-state index is 12.8. The molecule has 1 fully saturated rings. The number of hydrogen-bond donors (Lipinski definition) is 1. The Hall–Kier alpha value is -2.39. The fourth-order valence-electron chi connectivity index (χ4n) is 3.28. The Morgan fingerprint density at radius 3 is 2.39 bits per heavy atom. The van der Waals surface area contributed by atoms with Gasteiger partial charge in [0.1, 0.15) is 11.6 Å². The van der Waals surface area contributed by atoms with Crippen LogP contribution in [0.25, 0.3) is 0 Å². The topological polar surface area (TPSA) is 58.1 Å². The summed E-state index contributed by atoms with van der Waals surface area (Å²) in [6.07, 6.45) is -3.67. The molecule has 6 nitrogen and oxygen atoms in total. The zero-order valence-corrected chi connectivity index (χ0v) is 15.4. The Morgan fingerprint density at radius 1 is 1.07 bits per heavy atom. The van der Waals surface area contributed by atoms with E-state index in [4.69, 9.17) is 21.1 Å². The molecule has 1 saturated heterocycles. The van der Waals surface area contributed by atoms with Crippen molar-refractivity contribution in [1.29, 1.82) is 0 Å². The molecule has 0 saturated carbocycles. The van der Waals surface area contributed by atoms with Gasteiger partial charge in [0.25, 0.3) is 0 Å². The second-order valence-corrected chi connectivity index (χ2v) is 7.03. The Bertz CT molecular complexity index is 886. The number of anilines is 1. The van der Waals surface area contributed by atoms with Crippen molar-refractivity contribution in [2.75, 3.05) is 37.9 Å². The molecule has 1 N–H and O–H groups in total. The standard InChI is InChI=1S/C18H17ClF3N3O3/c19-13-6-12(18(20,21)22)8-23-17(13)25-3-1-24(2-4-25)9-11-5-15-16(7-14(11)26)28-10-27-15/h5-8,26H,1-4,9-10H2. The summed E-state index contributed by atoms with van der Waals surface area (Å²) in [6, 6.07) is 4.21. The molecule has 4 rings (SSSR count). The Morgan fingerprint density at radius 2 is 1.75 bits per heavy atom. The molecule has 0 unspecified atom stereocenters. The fraction of sp³-hybridized carbons (Fsp3) is 0.389. The van der Waals surface area contributed by atoms with Gasteiger partial charge in [0.15, 0.2) is 11.5 Å². The summed E-state index contributed by atoms with van der Waals surface area (Å²) in [5.74, 6) is 1.61. The first-order chi connectivity index (χ1) is 13.3. The highest BCUT2D eigenvalue weighted by molar-refractivity contribution is 6.33. The first-order valence-corrected chi connectivity index (χ1v) is 9.00. The average Bonchev–Trinajstić information content (AvgIpc) is 3.09. The fourth-order valence-corrected chi connectivity index (χ4v) is 3.56. The number of fused-ring (bicyclic) bond motifs is 1. The van der Waals surface area contributed by atoms with Crippen LogP contribution >= 0.6 is 11.6 Å². The monoisotopic (exact) mass is 415 g/mol. The molecule has 0 spiro atoms. The number of halogens is 4. The predicted molar refractivity (Wildman–Crippen MR) is 96.0 cm³/mol. The Labute approximate surface area is 164 Å². The lowest BCUT2D eigenvalue weighted by atomic mass is 10.1. The third kappa shape index (κ3) is 3.77. The number of piperazine rings is 1. The van der Waals surface area contributed by atoms with Crippen LogP contribution in [0.3, 0.4) is 0 Å². The van der Waals surface area contributed by atoms with E-state index in [9.17, 15) is 18.3 Å². The number of pyridine rings is 1. The van der Waals surface area contributed by atoms with E-state index in [0.717, 1.165) is 17.8 Å². The van der Waals surface area contributed by atoms with Crippen molar-refractivity contribution in [2.24, 2.45) is 0 Å². The van der Waals surface area contributed by atoms with E-state index < -0.39 is 11.7 Å². The number of aromatic hydroxyl groups is 1. The van der Waals surface area contributed by atoms with Gasteiger partial charge in [-0.3, -0.25) is 4.90 Å². The maximum absolute atomic E-state index is 12.8. The molecular weight excluding hydrogens is 399 g/mol. The van der Waals surface area contributed by atoms with E-state index >= 15 is 0 Å². The van der Waals surface area contributed by atoms with E-state index in [1.165, 1.54) is 0 Å². The second-order valence-electron chi connectivity index (χ2n) is 6.62. The number of alkyl halides is 3. The minimum absolute atomic E-state index is 0.0170. The molecular formula is C18H17ClF3N3O3. The van der Waals surface area contributed by atoms with Crippen molar-refractivity contribution in [1.82, 2.24) is 9.88 Å². The van der Waals surface area contributed by atoms with Gasteiger partial charge < -0.3 is 19.5 Å². The molecule has 1 aromatic heterocycles. The second kappa shape index (κ2) is 7.21. The van der Waals surface area contributed by atoms with Gasteiger partial charge in [-0.25, -0.2) is 4.98 Å². The molecule has 1 aromatic carbocycles. The summed E-state index contributed by atoms with van der Waals surface area (Å²) in [4.78, 5) is 7.91. The lowest BCUT2D eigenvalue weighted by molar-refractivity contribution is -0.137. The van der Waals surface area contributed by atoms with Crippen LogP contribution in [0.4, 0.5) is 19.0 Å². The van der Waals surface area contributed by atoms with Gasteiger partial charge in [-0.1, -0.05) is 11.6 Å². The van der Waals surface area contributed by atoms with Gasteiger partial charge >= 0.3 is 6.18 Å². The smallest absolute Gasteiger partial charge is 0.417 e. The van der Waals surface area contributed by atoms with Crippen molar-refractivity contribution in [3.63, 3.8) is 0 Å². The molecule has 150 valence electrons. The minimum Gasteiger partial charge on any atom is -0.507 e. The van der Waals surface area contributed by atoms with Crippen LogP contribution in [0.1, 0.15) is 11.1 Å². The van der Waals surface area contributed by atoms with Gasteiger partial charge in [-0.15, -0.1) is 0 Å². The van der Waals surface area contributed by atoms with E-state index in [1.54, 1.807) is 12.1 Å². The number of ether oxygens (including phenoxy) is 2. The van der Waals surface area contributed by atoms with E-state index in [2.05, 4.69) is 9.88 Å². The number of benzene rings is 1. The molecule has 3 heterocycles. The number of phenolic OH excluding ortho intramolecular Hbond substituents is 1. The third-order valence-electron chi connectivity index (χ3n) is 4.79. The van der Waals surface area contributed by atoms with Crippen molar-refractivity contribution < 1.29 is 27.8 Å². The first kappa shape index (κ1) is 18.9. The first-order valence-electron chi connectivity index (χ1n) is 8.63. The van der Waals surface area contributed by atoms with Crippen LogP contribution in [0, 0.1) is 0 Å². The van der Waals surface area contributed by atoms with Gasteiger partial charge in [-0.2, -0.15) is 13.2 Å². The molecule has 0 bridgehead atoms. The van der Waals surface area contributed by atoms with E-state index in [1.807, 2.05) is 4.90 Å². The number of rotatable bonds is 3. The normalized spacial score (nSPS) is 17.2. The van der Waals surface area contributed by atoms with Crippen LogP contribution in [-0.4, -0.2) is 48.0 Å². The highest BCUT2D eigenvalue weighted by atomic mass is 35.5.